The Balaban J connectivity index is 1.37. The number of aromatic nitrogens is 1. The molecule has 3 N–H and O–H groups in total. The van der Waals surface area contributed by atoms with Gasteiger partial charge in [0.15, 0.2) is 11.7 Å². The van der Waals surface area contributed by atoms with E-state index in [2.05, 4.69) is 20.4 Å². The van der Waals surface area contributed by atoms with Crippen molar-refractivity contribution in [3.05, 3.63) is 83.0 Å². The number of guanidine groups is 1. The number of nitrogens with one attached hydrogen (secondary N) is 1. The highest BCUT2D eigenvalue weighted by molar-refractivity contribution is 6.09. The molecule has 1 aromatic heterocycles. The summed E-state index contributed by atoms with van der Waals surface area (Å²) in [6, 6.07) is 18.7. The molecule has 0 spiro atoms. The third kappa shape index (κ3) is 6.08. The molecular formula is C26H31N5O2. The molecule has 7 nitrogen and oxygen atoms in total. The summed E-state index contributed by atoms with van der Waals surface area (Å²) in [6.07, 6.45) is 3.85. The summed E-state index contributed by atoms with van der Waals surface area (Å²) in [7, 11) is 0. The van der Waals surface area contributed by atoms with Crippen LogP contribution in [0.25, 0.3) is 0 Å². The van der Waals surface area contributed by atoms with Gasteiger partial charge in [0.05, 0.1) is 12.2 Å². The quantitative estimate of drug-likeness (QED) is 0.305. The van der Waals surface area contributed by atoms with Crippen molar-refractivity contribution in [2.24, 2.45) is 10.7 Å². The van der Waals surface area contributed by atoms with Crippen molar-refractivity contribution < 1.29 is 9.32 Å². The number of rotatable bonds is 8. The van der Waals surface area contributed by atoms with Gasteiger partial charge in [-0.05, 0) is 37.6 Å². The molecule has 4 rings (SSSR count). The van der Waals surface area contributed by atoms with Crippen molar-refractivity contribution in [3.63, 3.8) is 0 Å². The summed E-state index contributed by atoms with van der Waals surface area (Å²) < 4.78 is 5.42. The van der Waals surface area contributed by atoms with Crippen molar-refractivity contribution in [2.45, 2.75) is 32.1 Å². The molecule has 2 heterocycles. The third-order valence-corrected chi connectivity index (χ3v) is 6.06. The van der Waals surface area contributed by atoms with Gasteiger partial charge in [0.2, 0.25) is 5.88 Å². The summed E-state index contributed by atoms with van der Waals surface area (Å²) >= 11 is 0. The van der Waals surface area contributed by atoms with Crippen LogP contribution >= 0.6 is 0 Å². The van der Waals surface area contributed by atoms with E-state index in [1.807, 2.05) is 67.6 Å². The Bertz CT molecular complexity index is 1090. The maximum absolute atomic E-state index is 12.8. The van der Waals surface area contributed by atoms with Crippen LogP contribution in [0.15, 0.2) is 70.2 Å². The number of aliphatic imine (C=N–C) groups is 1. The Morgan fingerprint density at radius 1 is 1.09 bits per heavy atom. The molecular weight excluding hydrogens is 414 g/mol. The molecule has 1 aliphatic heterocycles. The number of nitrogens with zero attached hydrogens (tertiary/aromatic N) is 3. The number of hydrogen-bond acceptors (Lipinski definition) is 5. The first-order valence-electron chi connectivity index (χ1n) is 11.6. The molecule has 33 heavy (non-hydrogen) atoms. The fourth-order valence-corrected chi connectivity index (χ4v) is 4.09. The summed E-state index contributed by atoms with van der Waals surface area (Å²) in [5.74, 6) is 0.719. The average Bonchev–Trinajstić information content (AvgIpc) is 3.32. The van der Waals surface area contributed by atoms with E-state index in [9.17, 15) is 4.79 Å². The molecule has 0 saturated carbocycles. The van der Waals surface area contributed by atoms with E-state index in [4.69, 9.17) is 10.3 Å². The number of likely N-dealkylation sites (tertiary alicyclic amines) is 1. The number of piperidine rings is 1. The van der Waals surface area contributed by atoms with E-state index in [1.165, 1.54) is 19.3 Å². The van der Waals surface area contributed by atoms with Crippen molar-refractivity contribution in [1.29, 1.82) is 0 Å². The zero-order valence-corrected chi connectivity index (χ0v) is 19.0. The van der Waals surface area contributed by atoms with E-state index < -0.39 is 0 Å². The summed E-state index contributed by atoms with van der Waals surface area (Å²) in [5, 5.41) is 7.17. The Hall–Kier alpha value is -3.45. The van der Waals surface area contributed by atoms with E-state index in [0.717, 1.165) is 30.9 Å². The minimum atomic E-state index is -0.0508. The van der Waals surface area contributed by atoms with Gasteiger partial charge in [0.1, 0.15) is 0 Å². The minimum absolute atomic E-state index is 0.000645. The first kappa shape index (κ1) is 22.7. The van der Waals surface area contributed by atoms with E-state index in [0.29, 0.717) is 29.5 Å². The van der Waals surface area contributed by atoms with Crippen LogP contribution in [0.4, 0.5) is 5.88 Å². The zero-order chi connectivity index (χ0) is 23.0. The predicted octanol–water partition coefficient (Wildman–Crippen LogP) is 4.27. The number of anilines is 1. The van der Waals surface area contributed by atoms with Gasteiger partial charge in [-0.3, -0.25) is 15.1 Å². The highest BCUT2D eigenvalue weighted by Crippen LogP contribution is 2.26. The lowest BCUT2D eigenvalue weighted by Gasteiger charge is -2.25. The van der Waals surface area contributed by atoms with Crippen molar-refractivity contribution >= 4 is 17.6 Å². The van der Waals surface area contributed by atoms with Crippen LogP contribution in [0.5, 0.6) is 0 Å². The lowest BCUT2D eigenvalue weighted by atomic mass is 9.94. The maximum Gasteiger partial charge on any atom is 0.231 e. The number of hydrogen-bond donors (Lipinski definition) is 2. The topological polar surface area (TPSA) is 96.8 Å². The number of benzene rings is 2. The lowest BCUT2D eigenvalue weighted by molar-refractivity contribution is 0.103. The molecule has 0 aliphatic carbocycles. The SMILES string of the molecule is CC(c1cccc(C(=O)c2ccccc2)c1)c1cc(NC(N)=NCCN2CCCCC2)on1. The maximum atomic E-state index is 12.8. The number of carbonyl (C=O) groups is 1. The van der Waals surface area contributed by atoms with Crippen LogP contribution in [0.3, 0.4) is 0 Å². The van der Waals surface area contributed by atoms with Crippen LogP contribution in [0, 0.1) is 0 Å². The second-order valence-electron chi connectivity index (χ2n) is 8.45. The van der Waals surface area contributed by atoms with E-state index in [1.54, 1.807) is 0 Å². The van der Waals surface area contributed by atoms with Gasteiger partial charge in [-0.1, -0.05) is 67.0 Å². The molecule has 0 radical (unpaired) electrons. The summed E-state index contributed by atoms with van der Waals surface area (Å²) in [5.41, 5.74) is 9.08. The highest BCUT2D eigenvalue weighted by atomic mass is 16.5. The standard InChI is InChI=1S/C26H31N5O2/c1-19(21-11-8-12-22(17-21)25(32)20-9-4-2-5-10-20)23-18-24(33-30-23)29-26(27)28-13-16-31-14-6-3-7-15-31/h2,4-5,8-12,17-19H,3,6-7,13-16H2,1H3,(H3,27,28,29). The van der Waals surface area contributed by atoms with Crippen LogP contribution in [-0.2, 0) is 0 Å². The molecule has 3 aromatic rings. The van der Waals surface area contributed by atoms with E-state index >= 15 is 0 Å². The normalized spacial score (nSPS) is 15.8. The van der Waals surface area contributed by atoms with Crippen LogP contribution in [0.1, 0.15) is 59.3 Å². The molecule has 1 atom stereocenters. The first-order valence-corrected chi connectivity index (χ1v) is 11.6. The van der Waals surface area contributed by atoms with Crippen molar-refractivity contribution in [1.82, 2.24) is 10.1 Å². The minimum Gasteiger partial charge on any atom is -0.370 e. The largest absolute Gasteiger partial charge is 0.370 e. The number of carbonyl (C=O) groups excluding carboxylic acids is 1. The molecule has 0 bridgehead atoms. The van der Waals surface area contributed by atoms with Gasteiger partial charge >= 0.3 is 0 Å². The number of ketones is 1. The van der Waals surface area contributed by atoms with E-state index in [-0.39, 0.29) is 11.7 Å². The van der Waals surface area contributed by atoms with Crippen molar-refractivity contribution in [3.8, 4) is 0 Å². The zero-order valence-electron chi connectivity index (χ0n) is 19.0. The fourth-order valence-electron chi connectivity index (χ4n) is 4.09. The second kappa shape index (κ2) is 10.9. The molecule has 1 saturated heterocycles. The third-order valence-electron chi connectivity index (χ3n) is 6.06. The smallest absolute Gasteiger partial charge is 0.231 e. The van der Waals surface area contributed by atoms with Gasteiger partial charge in [0, 0.05) is 29.7 Å². The molecule has 1 aliphatic rings. The van der Waals surface area contributed by atoms with Crippen LogP contribution in [-0.4, -0.2) is 48.0 Å². The van der Waals surface area contributed by atoms with Crippen LogP contribution < -0.4 is 11.1 Å². The summed E-state index contributed by atoms with van der Waals surface area (Å²) in [4.78, 5) is 19.6. The van der Waals surface area contributed by atoms with Crippen molar-refractivity contribution in [2.75, 3.05) is 31.5 Å². The first-order chi connectivity index (χ1) is 16.1. The highest BCUT2D eigenvalue weighted by Gasteiger charge is 2.17. The average molecular weight is 446 g/mol. The summed E-state index contributed by atoms with van der Waals surface area (Å²) in [6.45, 7) is 5.89. The molecule has 0 amide bonds. The van der Waals surface area contributed by atoms with Gasteiger partial charge < -0.3 is 15.2 Å². The Labute approximate surface area is 194 Å². The Morgan fingerprint density at radius 3 is 2.64 bits per heavy atom. The molecule has 2 aromatic carbocycles. The second-order valence-corrected chi connectivity index (χ2v) is 8.45. The Morgan fingerprint density at radius 2 is 1.85 bits per heavy atom. The molecule has 172 valence electrons. The van der Waals surface area contributed by atoms with Gasteiger partial charge in [-0.2, -0.15) is 0 Å². The Kier molecular flexibility index (Phi) is 7.52. The molecule has 7 heteroatoms. The van der Waals surface area contributed by atoms with Crippen LogP contribution in [0.2, 0.25) is 0 Å². The molecule has 1 fully saturated rings. The monoisotopic (exact) mass is 445 g/mol. The number of nitrogens with two attached hydrogens (primary N) is 1. The predicted molar refractivity (Wildman–Crippen MR) is 131 cm³/mol. The van der Waals surface area contributed by atoms with Gasteiger partial charge in [-0.25, -0.2) is 0 Å². The van der Waals surface area contributed by atoms with Gasteiger partial charge in [-0.15, -0.1) is 0 Å². The lowest BCUT2D eigenvalue weighted by Crippen LogP contribution is -2.32. The van der Waals surface area contributed by atoms with Gasteiger partial charge in [0.25, 0.3) is 0 Å². The molecule has 1 unspecified atom stereocenters. The fraction of sp³-hybridized carbons (Fsp3) is 0.346.